The van der Waals surface area contributed by atoms with Gasteiger partial charge in [0.05, 0.1) is 0 Å². The van der Waals surface area contributed by atoms with E-state index < -0.39 is 0 Å². The lowest BCUT2D eigenvalue weighted by atomic mass is 9.63. The Hall–Kier alpha value is -0.0800. The van der Waals surface area contributed by atoms with Gasteiger partial charge in [-0.2, -0.15) is 0 Å². The first-order valence-corrected chi connectivity index (χ1v) is 7.52. The zero-order valence-electron chi connectivity index (χ0n) is 13.6. The second-order valence-electron chi connectivity index (χ2n) is 8.01. The van der Waals surface area contributed by atoms with Crippen LogP contribution in [0.2, 0.25) is 0 Å². The normalized spacial score (nSPS) is 32.8. The van der Waals surface area contributed by atoms with Crippen LogP contribution < -0.4 is 5.73 Å². The summed E-state index contributed by atoms with van der Waals surface area (Å²) < 4.78 is 0. The predicted octanol–water partition coefficient (Wildman–Crippen LogP) is 3.65. The molecule has 0 amide bonds. The van der Waals surface area contributed by atoms with E-state index >= 15 is 0 Å². The van der Waals surface area contributed by atoms with E-state index in [-0.39, 0.29) is 11.1 Å². The van der Waals surface area contributed by atoms with Crippen LogP contribution >= 0.6 is 0 Å². The van der Waals surface area contributed by atoms with Crippen molar-refractivity contribution < 1.29 is 0 Å². The lowest BCUT2D eigenvalue weighted by molar-refractivity contribution is -0.0485. The quantitative estimate of drug-likeness (QED) is 0.830. The van der Waals surface area contributed by atoms with Gasteiger partial charge in [-0.05, 0) is 57.9 Å². The summed E-state index contributed by atoms with van der Waals surface area (Å²) in [5.74, 6) is 0.771. The first-order chi connectivity index (χ1) is 8.08. The van der Waals surface area contributed by atoms with E-state index in [0.717, 1.165) is 12.5 Å². The molecule has 0 aromatic carbocycles. The zero-order valence-corrected chi connectivity index (χ0v) is 13.6. The largest absolute Gasteiger partial charge is 0.329 e. The van der Waals surface area contributed by atoms with Crippen molar-refractivity contribution in [3.63, 3.8) is 0 Å². The second kappa shape index (κ2) is 5.13. The Balaban J connectivity index is 3.05. The van der Waals surface area contributed by atoms with Gasteiger partial charge in [-0.15, -0.1) is 0 Å². The molecule has 0 heterocycles. The fraction of sp³-hybridized carbons (Fsp3) is 1.00. The molecule has 0 aliphatic heterocycles. The summed E-state index contributed by atoms with van der Waals surface area (Å²) in [6, 6.07) is 0. The van der Waals surface area contributed by atoms with Gasteiger partial charge in [0.25, 0.3) is 0 Å². The molecule has 0 aromatic heterocycles. The van der Waals surface area contributed by atoms with Crippen molar-refractivity contribution in [1.82, 2.24) is 4.90 Å². The van der Waals surface area contributed by atoms with Gasteiger partial charge < -0.3 is 5.73 Å². The van der Waals surface area contributed by atoms with Crippen LogP contribution in [0, 0.1) is 11.3 Å². The average Bonchev–Trinajstić information content (AvgIpc) is 2.25. The number of nitrogens with two attached hydrogens (primary N) is 1. The van der Waals surface area contributed by atoms with Gasteiger partial charge >= 0.3 is 0 Å². The third-order valence-electron chi connectivity index (χ3n) is 5.30. The molecular weight excluding hydrogens is 220 g/mol. The molecule has 1 aliphatic carbocycles. The predicted molar refractivity (Wildman–Crippen MR) is 80.7 cm³/mol. The molecular formula is C16H34N2. The zero-order chi connectivity index (χ0) is 14.2. The molecule has 0 spiro atoms. The van der Waals surface area contributed by atoms with E-state index in [1.807, 2.05) is 0 Å². The summed E-state index contributed by atoms with van der Waals surface area (Å²) in [7, 11) is 2.28. The van der Waals surface area contributed by atoms with Gasteiger partial charge in [-0.1, -0.05) is 27.7 Å². The summed E-state index contributed by atoms with van der Waals surface area (Å²) in [6.45, 7) is 14.9. The van der Waals surface area contributed by atoms with Crippen molar-refractivity contribution in [3.05, 3.63) is 0 Å². The van der Waals surface area contributed by atoms with Crippen LogP contribution in [0.4, 0.5) is 0 Å². The summed E-state index contributed by atoms with van der Waals surface area (Å²) in [6.07, 6.45) is 4.96. The molecule has 0 saturated heterocycles. The van der Waals surface area contributed by atoms with Crippen LogP contribution in [0.15, 0.2) is 0 Å². The van der Waals surface area contributed by atoms with Gasteiger partial charge in [-0.3, -0.25) is 4.90 Å². The van der Waals surface area contributed by atoms with Gasteiger partial charge in [0.1, 0.15) is 0 Å². The lowest BCUT2D eigenvalue weighted by Gasteiger charge is -2.56. The molecule has 2 nitrogen and oxygen atoms in total. The van der Waals surface area contributed by atoms with E-state index in [2.05, 4.69) is 53.5 Å². The molecule has 2 atom stereocenters. The Morgan fingerprint density at radius 1 is 1.28 bits per heavy atom. The van der Waals surface area contributed by atoms with E-state index in [9.17, 15) is 0 Å². The molecule has 1 rings (SSSR count). The van der Waals surface area contributed by atoms with Crippen molar-refractivity contribution in [2.45, 2.75) is 78.3 Å². The van der Waals surface area contributed by atoms with Gasteiger partial charge in [-0.25, -0.2) is 0 Å². The number of likely N-dealkylation sites (N-methyl/N-ethyl adjacent to an activating group) is 1. The third-order valence-corrected chi connectivity index (χ3v) is 5.30. The SMILES string of the molecule is CCC(C)(C)N(C)C1(CN)CC(C)CC(C)(C)C1. The second-order valence-corrected chi connectivity index (χ2v) is 8.01. The van der Waals surface area contributed by atoms with Crippen molar-refractivity contribution in [2.24, 2.45) is 17.1 Å². The minimum atomic E-state index is 0.181. The van der Waals surface area contributed by atoms with E-state index in [1.54, 1.807) is 0 Å². The summed E-state index contributed by atoms with van der Waals surface area (Å²) in [5, 5.41) is 0. The number of hydrogen-bond acceptors (Lipinski definition) is 2. The smallest absolute Gasteiger partial charge is 0.0341 e. The number of hydrogen-bond donors (Lipinski definition) is 1. The molecule has 2 unspecified atom stereocenters. The summed E-state index contributed by atoms with van der Waals surface area (Å²) >= 11 is 0. The van der Waals surface area contributed by atoms with Crippen molar-refractivity contribution >= 4 is 0 Å². The van der Waals surface area contributed by atoms with E-state index in [0.29, 0.717) is 5.41 Å². The molecule has 1 aliphatic rings. The first-order valence-electron chi connectivity index (χ1n) is 7.52. The summed E-state index contributed by atoms with van der Waals surface area (Å²) in [5.41, 5.74) is 7.05. The van der Waals surface area contributed by atoms with Crippen LogP contribution in [0.1, 0.15) is 67.2 Å². The molecule has 1 saturated carbocycles. The minimum absolute atomic E-state index is 0.181. The van der Waals surface area contributed by atoms with Gasteiger partial charge in [0.15, 0.2) is 0 Å². The van der Waals surface area contributed by atoms with Crippen molar-refractivity contribution in [1.29, 1.82) is 0 Å². The highest BCUT2D eigenvalue weighted by atomic mass is 15.2. The lowest BCUT2D eigenvalue weighted by Crippen LogP contribution is -2.63. The van der Waals surface area contributed by atoms with Crippen molar-refractivity contribution in [3.8, 4) is 0 Å². The molecule has 108 valence electrons. The number of rotatable bonds is 4. The highest BCUT2D eigenvalue weighted by Gasteiger charge is 2.47. The molecule has 1 fully saturated rings. The van der Waals surface area contributed by atoms with E-state index in [1.165, 1.54) is 25.7 Å². The van der Waals surface area contributed by atoms with Crippen LogP contribution in [0.25, 0.3) is 0 Å². The fourth-order valence-electron chi connectivity index (χ4n) is 4.13. The minimum Gasteiger partial charge on any atom is -0.329 e. The van der Waals surface area contributed by atoms with Crippen LogP contribution in [-0.4, -0.2) is 29.6 Å². The van der Waals surface area contributed by atoms with Crippen LogP contribution in [-0.2, 0) is 0 Å². The molecule has 18 heavy (non-hydrogen) atoms. The molecule has 0 radical (unpaired) electrons. The average molecular weight is 254 g/mol. The standard InChI is InChI=1S/C16H34N2/c1-8-15(5,6)18(7)16(12-17)10-13(2)9-14(3,4)11-16/h13H,8-12,17H2,1-7H3. The molecule has 0 bridgehead atoms. The first kappa shape index (κ1) is 16.0. The van der Waals surface area contributed by atoms with Gasteiger partial charge in [0.2, 0.25) is 0 Å². The molecule has 2 N–H and O–H groups in total. The fourth-order valence-corrected chi connectivity index (χ4v) is 4.13. The van der Waals surface area contributed by atoms with Crippen molar-refractivity contribution in [2.75, 3.05) is 13.6 Å². The highest BCUT2D eigenvalue weighted by Crippen LogP contribution is 2.47. The Kier molecular flexibility index (Phi) is 4.55. The maximum absolute atomic E-state index is 6.23. The van der Waals surface area contributed by atoms with Gasteiger partial charge in [0, 0.05) is 17.6 Å². The highest BCUT2D eigenvalue weighted by molar-refractivity contribution is 5.03. The Morgan fingerprint density at radius 3 is 2.22 bits per heavy atom. The van der Waals surface area contributed by atoms with Crippen LogP contribution in [0.3, 0.4) is 0 Å². The molecule has 2 heteroatoms. The topological polar surface area (TPSA) is 29.3 Å². The molecule has 0 aromatic rings. The van der Waals surface area contributed by atoms with Crippen LogP contribution in [0.5, 0.6) is 0 Å². The van der Waals surface area contributed by atoms with E-state index in [4.69, 9.17) is 5.73 Å². The third kappa shape index (κ3) is 3.08. The maximum atomic E-state index is 6.23. The monoisotopic (exact) mass is 254 g/mol. The number of nitrogens with zero attached hydrogens (tertiary/aromatic N) is 1. The summed E-state index contributed by atoms with van der Waals surface area (Å²) in [4.78, 5) is 2.58. The Bertz CT molecular complexity index is 283. The maximum Gasteiger partial charge on any atom is 0.0341 e. The Morgan fingerprint density at radius 2 is 1.83 bits per heavy atom. The Labute approximate surface area is 114 Å².